The number of nitrogens with two attached hydrogens (primary N) is 1. The van der Waals surface area contributed by atoms with E-state index >= 15 is 0 Å². The van der Waals surface area contributed by atoms with Crippen LogP contribution in [-0.4, -0.2) is 4.98 Å². The summed E-state index contributed by atoms with van der Waals surface area (Å²) in [7, 11) is 0. The van der Waals surface area contributed by atoms with Gasteiger partial charge in [0.1, 0.15) is 5.15 Å². The Labute approximate surface area is 97.0 Å². The van der Waals surface area contributed by atoms with Crippen molar-refractivity contribution in [3.05, 3.63) is 21.4 Å². The lowest BCUT2D eigenvalue weighted by atomic mass is 9.98. The Morgan fingerprint density at radius 1 is 1.43 bits per heavy atom. The Morgan fingerprint density at radius 2 is 2.07 bits per heavy atom. The molecule has 14 heavy (non-hydrogen) atoms. The molecule has 1 aliphatic rings. The SMILES string of the molecule is Nc1c(C2CCCC2)cnc(Cl)c1Br. The minimum atomic E-state index is 0.448. The first-order valence-corrected chi connectivity index (χ1v) is 5.96. The summed E-state index contributed by atoms with van der Waals surface area (Å²) in [5.41, 5.74) is 7.90. The van der Waals surface area contributed by atoms with Crippen molar-refractivity contribution in [2.75, 3.05) is 5.73 Å². The molecule has 1 aromatic heterocycles. The molecule has 2 nitrogen and oxygen atoms in total. The molecule has 0 aliphatic heterocycles. The fraction of sp³-hybridized carbons (Fsp3) is 0.500. The third-order valence-corrected chi connectivity index (χ3v) is 4.16. The van der Waals surface area contributed by atoms with Crippen molar-refractivity contribution in [2.45, 2.75) is 31.6 Å². The van der Waals surface area contributed by atoms with Gasteiger partial charge in [0.2, 0.25) is 0 Å². The molecule has 4 heteroatoms. The maximum Gasteiger partial charge on any atom is 0.145 e. The normalized spacial score (nSPS) is 17.6. The molecule has 76 valence electrons. The zero-order valence-electron chi connectivity index (χ0n) is 7.76. The summed E-state index contributed by atoms with van der Waals surface area (Å²) >= 11 is 9.21. The van der Waals surface area contributed by atoms with Crippen molar-refractivity contribution < 1.29 is 0 Å². The molecule has 0 aromatic carbocycles. The second-order valence-electron chi connectivity index (χ2n) is 3.71. The predicted molar refractivity (Wildman–Crippen MR) is 62.6 cm³/mol. The van der Waals surface area contributed by atoms with E-state index in [0.717, 1.165) is 15.7 Å². The molecule has 0 bridgehead atoms. The van der Waals surface area contributed by atoms with Gasteiger partial charge in [-0.15, -0.1) is 0 Å². The maximum atomic E-state index is 5.99. The molecule has 0 amide bonds. The first-order chi connectivity index (χ1) is 6.70. The van der Waals surface area contributed by atoms with Crippen LogP contribution in [0.15, 0.2) is 10.7 Å². The lowest BCUT2D eigenvalue weighted by Crippen LogP contribution is -2.01. The number of halogens is 2. The van der Waals surface area contributed by atoms with Crippen molar-refractivity contribution >= 4 is 33.2 Å². The highest BCUT2D eigenvalue weighted by molar-refractivity contribution is 9.10. The van der Waals surface area contributed by atoms with Crippen LogP contribution in [0.3, 0.4) is 0 Å². The second kappa shape index (κ2) is 4.07. The molecule has 1 aromatic rings. The van der Waals surface area contributed by atoms with Crippen LogP contribution in [0.1, 0.15) is 37.2 Å². The highest BCUT2D eigenvalue weighted by atomic mass is 79.9. The maximum absolute atomic E-state index is 5.99. The minimum absolute atomic E-state index is 0.448. The van der Waals surface area contributed by atoms with E-state index < -0.39 is 0 Å². The average Bonchev–Trinajstić information content (AvgIpc) is 2.67. The molecule has 1 heterocycles. The van der Waals surface area contributed by atoms with Crippen LogP contribution >= 0.6 is 27.5 Å². The molecule has 2 rings (SSSR count). The standard InChI is InChI=1S/C10H12BrClN2/c11-8-9(13)7(5-14-10(8)12)6-3-1-2-4-6/h5-6H,1-4H2,(H2,13,14). The van der Waals surface area contributed by atoms with Crippen LogP contribution in [0.2, 0.25) is 5.15 Å². The van der Waals surface area contributed by atoms with Gasteiger partial charge in [0, 0.05) is 6.20 Å². The number of pyridine rings is 1. The zero-order chi connectivity index (χ0) is 10.1. The van der Waals surface area contributed by atoms with E-state index in [0.29, 0.717) is 11.1 Å². The number of nitrogens with zero attached hydrogens (tertiary/aromatic N) is 1. The Balaban J connectivity index is 2.38. The van der Waals surface area contributed by atoms with Gasteiger partial charge in [0.25, 0.3) is 0 Å². The van der Waals surface area contributed by atoms with E-state index in [1.165, 1.54) is 25.7 Å². The summed E-state index contributed by atoms with van der Waals surface area (Å²) in [4.78, 5) is 4.12. The molecule has 0 spiro atoms. The topological polar surface area (TPSA) is 38.9 Å². The molecule has 1 fully saturated rings. The Kier molecular flexibility index (Phi) is 2.98. The van der Waals surface area contributed by atoms with E-state index in [9.17, 15) is 0 Å². The molecule has 1 aliphatic carbocycles. The highest BCUT2D eigenvalue weighted by Crippen LogP contribution is 2.40. The van der Waals surface area contributed by atoms with Gasteiger partial charge in [-0.1, -0.05) is 24.4 Å². The quantitative estimate of drug-likeness (QED) is 0.793. The van der Waals surface area contributed by atoms with Crippen LogP contribution < -0.4 is 5.73 Å². The van der Waals surface area contributed by atoms with Crippen molar-refractivity contribution in [1.29, 1.82) is 0 Å². The number of nitrogen functional groups attached to an aromatic ring is 1. The number of aromatic nitrogens is 1. The summed E-state index contributed by atoms with van der Waals surface area (Å²) in [6, 6.07) is 0. The predicted octanol–water partition coefficient (Wildman–Crippen LogP) is 3.74. The second-order valence-corrected chi connectivity index (χ2v) is 4.86. The van der Waals surface area contributed by atoms with E-state index in [4.69, 9.17) is 17.3 Å². The van der Waals surface area contributed by atoms with Crippen LogP contribution in [0, 0.1) is 0 Å². The average molecular weight is 276 g/mol. The fourth-order valence-corrected chi connectivity index (χ4v) is 2.53. The van der Waals surface area contributed by atoms with Crippen LogP contribution in [0.5, 0.6) is 0 Å². The number of hydrogen-bond donors (Lipinski definition) is 1. The van der Waals surface area contributed by atoms with Gasteiger partial charge in [-0.3, -0.25) is 0 Å². The lowest BCUT2D eigenvalue weighted by Gasteiger charge is -2.13. The fourth-order valence-electron chi connectivity index (χ4n) is 2.05. The minimum Gasteiger partial charge on any atom is -0.397 e. The van der Waals surface area contributed by atoms with Gasteiger partial charge >= 0.3 is 0 Å². The van der Waals surface area contributed by atoms with Gasteiger partial charge in [-0.25, -0.2) is 4.98 Å². The lowest BCUT2D eigenvalue weighted by molar-refractivity contribution is 0.721. The molecule has 0 unspecified atom stereocenters. The van der Waals surface area contributed by atoms with Crippen molar-refractivity contribution in [1.82, 2.24) is 4.98 Å². The summed E-state index contributed by atoms with van der Waals surface area (Å²) in [5, 5.41) is 0.448. The highest BCUT2D eigenvalue weighted by Gasteiger charge is 2.21. The molecule has 0 atom stereocenters. The van der Waals surface area contributed by atoms with E-state index in [1.54, 1.807) is 0 Å². The van der Waals surface area contributed by atoms with Gasteiger partial charge in [-0.2, -0.15) is 0 Å². The summed E-state index contributed by atoms with van der Waals surface area (Å²) in [6.07, 6.45) is 6.85. The molecule has 0 saturated heterocycles. The first-order valence-electron chi connectivity index (χ1n) is 4.79. The van der Waals surface area contributed by atoms with Crippen LogP contribution in [0.4, 0.5) is 5.69 Å². The Morgan fingerprint density at radius 3 is 2.71 bits per heavy atom. The van der Waals surface area contributed by atoms with E-state index in [2.05, 4.69) is 20.9 Å². The molecular weight excluding hydrogens is 263 g/mol. The van der Waals surface area contributed by atoms with Crippen molar-refractivity contribution in [3.8, 4) is 0 Å². The number of hydrogen-bond acceptors (Lipinski definition) is 2. The third kappa shape index (κ3) is 1.75. The monoisotopic (exact) mass is 274 g/mol. The number of rotatable bonds is 1. The Hall–Kier alpha value is -0.280. The van der Waals surface area contributed by atoms with Crippen LogP contribution in [0.25, 0.3) is 0 Å². The first kappa shape index (κ1) is 10.2. The number of anilines is 1. The molecule has 0 radical (unpaired) electrons. The molecule has 2 N–H and O–H groups in total. The van der Waals surface area contributed by atoms with Gasteiger partial charge in [0.15, 0.2) is 0 Å². The van der Waals surface area contributed by atoms with Crippen molar-refractivity contribution in [3.63, 3.8) is 0 Å². The van der Waals surface area contributed by atoms with Gasteiger partial charge < -0.3 is 5.73 Å². The summed E-state index contributed by atoms with van der Waals surface area (Å²) < 4.78 is 0.739. The Bertz CT molecular complexity index is 348. The van der Waals surface area contributed by atoms with E-state index in [1.807, 2.05) is 6.20 Å². The summed E-state index contributed by atoms with van der Waals surface area (Å²) in [5.74, 6) is 0.580. The third-order valence-electron chi connectivity index (χ3n) is 2.84. The zero-order valence-corrected chi connectivity index (χ0v) is 10.1. The van der Waals surface area contributed by atoms with Gasteiger partial charge in [-0.05, 0) is 40.3 Å². The van der Waals surface area contributed by atoms with Crippen LogP contribution in [-0.2, 0) is 0 Å². The molecule has 1 saturated carbocycles. The van der Waals surface area contributed by atoms with Crippen molar-refractivity contribution in [2.24, 2.45) is 0 Å². The smallest absolute Gasteiger partial charge is 0.145 e. The summed E-state index contributed by atoms with van der Waals surface area (Å²) in [6.45, 7) is 0. The van der Waals surface area contributed by atoms with E-state index in [-0.39, 0.29) is 0 Å². The largest absolute Gasteiger partial charge is 0.397 e. The molecular formula is C10H12BrClN2. The van der Waals surface area contributed by atoms with Gasteiger partial charge in [0.05, 0.1) is 10.2 Å².